The fraction of sp³-hybridized carbons (Fsp3) is 0.333. The molecular weight excluding hydrogens is 206 g/mol. The highest BCUT2D eigenvalue weighted by molar-refractivity contribution is 5.96. The predicted octanol–water partition coefficient (Wildman–Crippen LogP) is 1.83. The largest absolute Gasteiger partial charge is 0.481 e. The summed E-state index contributed by atoms with van der Waals surface area (Å²) >= 11 is 0. The Kier molecular flexibility index (Phi) is 2.64. The fourth-order valence-electron chi connectivity index (χ4n) is 2.11. The maximum Gasteiger partial charge on any atom is 0.303 e. The molecule has 0 bridgehead atoms. The average Bonchev–Trinajstić information content (AvgIpc) is 2.24. The van der Waals surface area contributed by atoms with Crippen molar-refractivity contribution in [3.63, 3.8) is 0 Å². The number of amides is 1. The van der Waals surface area contributed by atoms with Crippen LogP contribution in [0.4, 0.5) is 5.69 Å². The number of carbonyl (C=O) groups excluding carboxylic acids is 1. The molecule has 4 nitrogen and oxygen atoms in total. The minimum atomic E-state index is -0.874. The first-order chi connectivity index (χ1) is 7.59. The van der Waals surface area contributed by atoms with Crippen LogP contribution in [0.2, 0.25) is 0 Å². The molecule has 16 heavy (non-hydrogen) atoms. The number of fused-ring (bicyclic) bond motifs is 1. The molecule has 1 aliphatic heterocycles. The van der Waals surface area contributed by atoms with Gasteiger partial charge in [0.15, 0.2) is 0 Å². The molecular formula is C12H13NO3. The lowest BCUT2D eigenvalue weighted by Crippen LogP contribution is -2.32. The van der Waals surface area contributed by atoms with E-state index in [0.717, 1.165) is 11.3 Å². The topological polar surface area (TPSA) is 66.4 Å². The molecule has 0 aromatic heterocycles. The second-order valence-corrected chi connectivity index (χ2v) is 4.07. The molecule has 1 aromatic rings. The van der Waals surface area contributed by atoms with Gasteiger partial charge < -0.3 is 10.4 Å². The molecule has 1 heterocycles. The highest BCUT2D eigenvalue weighted by Gasteiger charge is 2.33. The van der Waals surface area contributed by atoms with E-state index in [2.05, 4.69) is 5.32 Å². The highest BCUT2D eigenvalue weighted by Crippen LogP contribution is 2.37. The summed E-state index contributed by atoms with van der Waals surface area (Å²) in [6, 6.07) is 7.36. The standard InChI is InChI=1S/C12H13NO3/c1-7-9(6-11(14)15)8-4-2-3-5-10(8)13-12(7)16/h2-5,7,9H,6H2,1H3,(H,13,16)(H,14,15). The summed E-state index contributed by atoms with van der Waals surface area (Å²) in [7, 11) is 0. The molecule has 1 amide bonds. The molecule has 2 N–H and O–H groups in total. The SMILES string of the molecule is CC1C(=O)Nc2ccccc2C1CC(=O)O. The lowest BCUT2D eigenvalue weighted by molar-refractivity contribution is -0.138. The summed E-state index contributed by atoms with van der Waals surface area (Å²) in [6.45, 7) is 1.76. The summed E-state index contributed by atoms with van der Waals surface area (Å²) in [6.07, 6.45) is -0.00833. The van der Waals surface area contributed by atoms with Gasteiger partial charge in [0.05, 0.1) is 6.42 Å². The second kappa shape index (κ2) is 3.96. The zero-order chi connectivity index (χ0) is 11.7. The van der Waals surface area contributed by atoms with E-state index in [1.165, 1.54) is 0 Å². The summed E-state index contributed by atoms with van der Waals surface area (Å²) in [4.78, 5) is 22.4. The highest BCUT2D eigenvalue weighted by atomic mass is 16.4. The Morgan fingerprint density at radius 2 is 2.12 bits per heavy atom. The van der Waals surface area contributed by atoms with Crippen molar-refractivity contribution in [2.24, 2.45) is 5.92 Å². The van der Waals surface area contributed by atoms with Crippen molar-refractivity contribution in [3.05, 3.63) is 29.8 Å². The maximum atomic E-state index is 11.6. The van der Waals surface area contributed by atoms with Crippen LogP contribution in [-0.4, -0.2) is 17.0 Å². The molecule has 1 aromatic carbocycles. The van der Waals surface area contributed by atoms with Gasteiger partial charge in [-0.15, -0.1) is 0 Å². The second-order valence-electron chi connectivity index (χ2n) is 4.07. The number of nitrogens with one attached hydrogen (secondary N) is 1. The van der Waals surface area contributed by atoms with Crippen molar-refractivity contribution in [2.75, 3.05) is 5.32 Å². The smallest absolute Gasteiger partial charge is 0.303 e. The van der Waals surface area contributed by atoms with Gasteiger partial charge >= 0.3 is 5.97 Å². The fourth-order valence-corrected chi connectivity index (χ4v) is 2.11. The molecule has 0 spiro atoms. The lowest BCUT2D eigenvalue weighted by atomic mass is 9.80. The molecule has 0 radical (unpaired) electrons. The first-order valence-corrected chi connectivity index (χ1v) is 5.21. The minimum absolute atomic E-state index is 0.00833. The minimum Gasteiger partial charge on any atom is -0.481 e. The van der Waals surface area contributed by atoms with E-state index in [-0.39, 0.29) is 24.2 Å². The van der Waals surface area contributed by atoms with Crippen molar-refractivity contribution in [1.29, 1.82) is 0 Å². The van der Waals surface area contributed by atoms with Crippen LogP contribution in [0.1, 0.15) is 24.8 Å². The van der Waals surface area contributed by atoms with Gasteiger partial charge in [0.1, 0.15) is 0 Å². The van der Waals surface area contributed by atoms with E-state index < -0.39 is 5.97 Å². The number of carboxylic acids is 1. The number of hydrogen-bond acceptors (Lipinski definition) is 2. The Bertz CT molecular complexity index is 442. The molecule has 2 unspecified atom stereocenters. The average molecular weight is 219 g/mol. The van der Waals surface area contributed by atoms with Crippen molar-refractivity contribution >= 4 is 17.6 Å². The number of para-hydroxylation sites is 1. The number of rotatable bonds is 2. The van der Waals surface area contributed by atoms with Gasteiger partial charge in [-0.2, -0.15) is 0 Å². The third-order valence-corrected chi connectivity index (χ3v) is 3.03. The first kappa shape index (κ1) is 10.7. The van der Waals surface area contributed by atoms with Gasteiger partial charge in [0, 0.05) is 17.5 Å². The van der Waals surface area contributed by atoms with E-state index in [9.17, 15) is 9.59 Å². The summed E-state index contributed by atoms with van der Waals surface area (Å²) < 4.78 is 0. The Morgan fingerprint density at radius 1 is 1.44 bits per heavy atom. The third-order valence-electron chi connectivity index (χ3n) is 3.03. The van der Waals surface area contributed by atoms with Crippen molar-refractivity contribution in [1.82, 2.24) is 0 Å². The van der Waals surface area contributed by atoms with Crippen LogP contribution in [-0.2, 0) is 9.59 Å². The van der Waals surface area contributed by atoms with Crippen LogP contribution in [0.15, 0.2) is 24.3 Å². The lowest BCUT2D eigenvalue weighted by Gasteiger charge is -2.29. The monoisotopic (exact) mass is 219 g/mol. The summed E-state index contributed by atoms with van der Waals surface area (Å²) in [5, 5.41) is 11.6. The van der Waals surface area contributed by atoms with Crippen LogP contribution >= 0.6 is 0 Å². The molecule has 0 saturated carbocycles. The van der Waals surface area contributed by atoms with Crippen LogP contribution < -0.4 is 5.32 Å². The maximum absolute atomic E-state index is 11.6. The molecule has 0 aliphatic carbocycles. The number of carboxylic acid groups (broad SMARTS) is 1. The molecule has 4 heteroatoms. The zero-order valence-corrected chi connectivity index (χ0v) is 8.93. The number of aliphatic carboxylic acids is 1. The van der Waals surface area contributed by atoms with Gasteiger partial charge in [-0.05, 0) is 11.6 Å². The Morgan fingerprint density at radius 3 is 2.81 bits per heavy atom. The normalized spacial score (nSPS) is 23.4. The van der Waals surface area contributed by atoms with Crippen LogP contribution in [0.5, 0.6) is 0 Å². The summed E-state index contributed by atoms with van der Waals surface area (Å²) in [5.41, 5.74) is 1.65. The number of carbonyl (C=O) groups is 2. The van der Waals surface area contributed by atoms with E-state index in [1.807, 2.05) is 18.2 Å². The molecule has 0 fully saturated rings. The van der Waals surface area contributed by atoms with Crippen molar-refractivity contribution in [3.8, 4) is 0 Å². The number of anilines is 1. The van der Waals surface area contributed by atoms with Crippen LogP contribution in [0.25, 0.3) is 0 Å². The molecule has 2 atom stereocenters. The van der Waals surface area contributed by atoms with E-state index >= 15 is 0 Å². The number of hydrogen-bond donors (Lipinski definition) is 2. The van der Waals surface area contributed by atoms with Gasteiger partial charge in [0.25, 0.3) is 0 Å². The van der Waals surface area contributed by atoms with E-state index in [0.29, 0.717) is 0 Å². The molecule has 0 saturated heterocycles. The molecule has 2 rings (SSSR count). The number of benzene rings is 1. The zero-order valence-electron chi connectivity index (χ0n) is 8.93. The summed E-state index contributed by atoms with van der Waals surface area (Å²) in [5.74, 6) is -1.51. The first-order valence-electron chi connectivity index (χ1n) is 5.21. The van der Waals surface area contributed by atoms with Crippen molar-refractivity contribution in [2.45, 2.75) is 19.3 Å². The Hall–Kier alpha value is -1.84. The van der Waals surface area contributed by atoms with Crippen LogP contribution in [0.3, 0.4) is 0 Å². The van der Waals surface area contributed by atoms with Gasteiger partial charge in [-0.25, -0.2) is 0 Å². The Balaban J connectivity index is 2.41. The molecule has 84 valence electrons. The van der Waals surface area contributed by atoms with E-state index in [4.69, 9.17) is 5.11 Å². The van der Waals surface area contributed by atoms with Crippen molar-refractivity contribution < 1.29 is 14.7 Å². The third kappa shape index (κ3) is 1.78. The quantitative estimate of drug-likeness (QED) is 0.797. The van der Waals surface area contributed by atoms with Gasteiger partial charge in [-0.1, -0.05) is 25.1 Å². The molecule has 1 aliphatic rings. The van der Waals surface area contributed by atoms with Gasteiger partial charge in [-0.3, -0.25) is 9.59 Å². The van der Waals surface area contributed by atoms with E-state index in [1.54, 1.807) is 13.0 Å². The van der Waals surface area contributed by atoms with Gasteiger partial charge in [0.2, 0.25) is 5.91 Å². The Labute approximate surface area is 93.3 Å². The van der Waals surface area contributed by atoms with Crippen LogP contribution in [0, 0.1) is 5.92 Å². The predicted molar refractivity (Wildman–Crippen MR) is 59.2 cm³/mol.